The highest BCUT2D eigenvalue weighted by molar-refractivity contribution is 8.00. The number of nitrogens with zero attached hydrogens (tertiary/aromatic N) is 2. The average molecular weight is 385 g/mol. The first-order valence-corrected chi connectivity index (χ1v) is 10.2. The van der Waals surface area contributed by atoms with Crippen molar-refractivity contribution in [1.82, 2.24) is 19.9 Å². The zero-order chi connectivity index (χ0) is 19.1. The molecule has 0 saturated heterocycles. The summed E-state index contributed by atoms with van der Waals surface area (Å²) in [5.41, 5.74) is 8.01. The van der Waals surface area contributed by atoms with E-state index in [1.807, 2.05) is 30.0 Å². The summed E-state index contributed by atoms with van der Waals surface area (Å²) in [5.74, 6) is 0. The minimum Gasteiger partial charge on any atom is -0.355 e. The lowest BCUT2D eigenvalue weighted by Crippen LogP contribution is -1.89. The molecule has 0 radical (unpaired) electrons. The van der Waals surface area contributed by atoms with Gasteiger partial charge in [0.15, 0.2) is 0 Å². The molecule has 28 heavy (non-hydrogen) atoms. The van der Waals surface area contributed by atoms with E-state index >= 15 is 0 Å². The SMILES string of the molecule is CC(C)Sc1c2nc(cc3nc(cc4ccc(cc5ccc1[nH]5)[nH]4)C=C3)C=C2. The molecule has 0 saturated carbocycles. The van der Waals surface area contributed by atoms with Crippen molar-refractivity contribution >= 4 is 58.1 Å². The van der Waals surface area contributed by atoms with Crippen LogP contribution in [0.3, 0.4) is 0 Å². The summed E-state index contributed by atoms with van der Waals surface area (Å²) in [7, 11) is 0. The Morgan fingerprint density at radius 2 is 1.36 bits per heavy atom. The Morgan fingerprint density at radius 3 is 2.18 bits per heavy atom. The van der Waals surface area contributed by atoms with Gasteiger partial charge in [0.1, 0.15) is 0 Å². The number of aromatic nitrogens is 4. The first-order valence-electron chi connectivity index (χ1n) is 9.36. The second kappa shape index (κ2) is 6.84. The van der Waals surface area contributed by atoms with Gasteiger partial charge in [-0.15, -0.1) is 11.8 Å². The lowest BCUT2D eigenvalue weighted by atomic mass is 10.3. The maximum Gasteiger partial charge on any atom is 0.0794 e. The van der Waals surface area contributed by atoms with Gasteiger partial charge in [0.25, 0.3) is 0 Å². The predicted molar refractivity (Wildman–Crippen MR) is 120 cm³/mol. The number of thioether (sulfide) groups is 1. The smallest absolute Gasteiger partial charge is 0.0794 e. The number of nitrogens with one attached hydrogen (secondary N) is 2. The van der Waals surface area contributed by atoms with Crippen molar-refractivity contribution in [1.29, 1.82) is 0 Å². The van der Waals surface area contributed by atoms with Crippen LogP contribution < -0.4 is 0 Å². The van der Waals surface area contributed by atoms with E-state index in [4.69, 9.17) is 4.98 Å². The highest BCUT2D eigenvalue weighted by Gasteiger charge is 2.11. The van der Waals surface area contributed by atoms with E-state index in [0.717, 1.165) is 49.7 Å². The molecule has 0 amide bonds. The summed E-state index contributed by atoms with van der Waals surface area (Å²) in [5, 5.41) is 0.459. The van der Waals surface area contributed by atoms with Crippen LogP contribution in [-0.4, -0.2) is 25.2 Å². The maximum atomic E-state index is 4.85. The van der Waals surface area contributed by atoms with Gasteiger partial charge in [-0.2, -0.15) is 0 Å². The van der Waals surface area contributed by atoms with Crippen LogP contribution >= 0.6 is 11.8 Å². The zero-order valence-electron chi connectivity index (χ0n) is 15.7. The van der Waals surface area contributed by atoms with Crippen molar-refractivity contribution in [2.24, 2.45) is 0 Å². The number of aromatic amines is 2. The maximum absolute atomic E-state index is 4.85. The fourth-order valence-electron chi connectivity index (χ4n) is 3.34. The largest absolute Gasteiger partial charge is 0.355 e. The molecule has 138 valence electrons. The van der Waals surface area contributed by atoms with Gasteiger partial charge in [-0.05, 0) is 66.8 Å². The molecule has 3 aromatic heterocycles. The summed E-state index contributed by atoms with van der Waals surface area (Å²) in [6, 6.07) is 14.6. The lowest BCUT2D eigenvalue weighted by Gasteiger charge is -2.05. The first-order chi connectivity index (χ1) is 13.6. The summed E-state index contributed by atoms with van der Waals surface area (Å²) in [6.07, 6.45) is 8.20. The molecule has 0 aromatic carbocycles. The molecule has 5 heteroatoms. The van der Waals surface area contributed by atoms with Gasteiger partial charge in [0.2, 0.25) is 0 Å². The Morgan fingerprint density at radius 1 is 0.714 bits per heavy atom. The fourth-order valence-corrected chi connectivity index (χ4v) is 4.29. The zero-order valence-corrected chi connectivity index (χ0v) is 16.5. The molecule has 5 heterocycles. The van der Waals surface area contributed by atoms with E-state index in [-0.39, 0.29) is 0 Å². The monoisotopic (exact) mass is 384 g/mol. The molecule has 0 unspecified atom stereocenters. The van der Waals surface area contributed by atoms with Crippen LogP contribution in [0.4, 0.5) is 0 Å². The number of rotatable bonds is 2. The number of fused-ring (bicyclic) bond motifs is 8. The lowest BCUT2D eigenvalue weighted by molar-refractivity contribution is 1.10. The normalized spacial score (nSPS) is 12.8. The third-order valence-corrected chi connectivity index (χ3v) is 5.66. The molecule has 2 aliphatic heterocycles. The number of hydrogen-bond donors (Lipinski definition) is 2. The van der Waals surface area contributed by atoms with Gasteiger partial charge in [0, 0.05) is 21.8 Å². The highest BCUT2D eigenvalue weighted by Crippen LogP contribution is 2.31. The Kier molecular flexibility index (Phi) is 4.17. The minimum absolute atomic E-state index is 0.459. The Bertz CT molecular complexity index is 1270. The third kappa shape index (κ3) is 3.41. The molecule has 0 aliphatic carbocycles. The summed E-state index contributed by atoms with van der Waals surface area (Å²) in [6.45, 7) is 4.41. The fraction of sp³-hybridized carbons (Fsp3) is 0.130. The van der Waals surface area contributed by atoms with Gasteiger partial charge in [-0.25, -0.2) is 9.97 Å². The van der Waals surface area contributed by atoms with Gasteiger partial charge >= 0.3 is 0 Å². The van der Waals surface area contributed by atoms with E-state index in [2.05, 4.69) is 77.3 Å². The summed E-state index contributed by atoms with van der Waals surface area (Å²) >= 11 is 1.83. The first kappa shape index (κ1) is 17.1. The molecular weight excluding hydrogens is 364 g/mol. The van der Waals surface area contributed by atoms with Crippen LogP contribution in [0.5, 0.6) is 0 Å². The second-order valence-electron chi connectivity index (χ2n) is 7.18. The van der Waals surface area contributed by atoms with Crippen LogP contribution in [0.2, 0.25) is 0 Å². The Balaban J connectivity index is 1.85. The molecule has 0 fully saturated rings. The molecule has 8 bridgehead atoms. The van der Waals surface area contributed by atoms with Crippen LogP contribution in [-0.2, 0) is 0 Å². The van der Waals surface area contributed by atoms with Crippen LogP contribution in [0.25, 0.3) is 46.4 Å². The Labute approximate surface area is 167 Å². The average Bonchev–Trinajstić information content (AvgIpc) is 3.43. The van der Waals surface area contributed by atoms with E-state index in [0.29, 0.717) is 5.25 Å². The predicted octanol–water partition coefficient (Wildman–Crippen LogP) is 6.16. The molecular formula is C23H20N4S. The molecule has 2 N–H and O–H groups in total. The van der Waals surface area contributed by atoms with Crippen molar-refractivity contribution in [3.63, 3.8) is 0 Å². The van der Waals surface area contributed by atoms with E-state index in [1.54, 1.807) is 0 Å². The topological polar surface area (TPSA) is 57.4 Å². The van der Waals surface area contributed by atoms with E-state index < -0.39 is 0 Å². The number of H-pyrrole nitrogens is 2. The second-order valence-corrected chi connectivity index (χ2v) is 8.76. The number of hydrogen-bond acceptors (Lipinski definition) is 3. The van der Waals surface area contributed by atoms with Gasteiger partial charge in [-0.1, -0.05) is 13.8 Å². The molecule has 2 aliphatic rings. The van der Waals surface area contributed by atoms with Crippen molar-refractivity contribution in [2.75, 3.05) is 0 Å². The highest BCUT2D eigenvalue weighted by atomic mass is 32.2. The van der Waals surface area contributed by atoms with Crippen LogP contribution in [0, 0.1) is 0 Å². The molecule has 5 rings (SSSR count). The standard InChI is InChI=1S/C23H20N4S/c1-14(2)28-23-21-9-7-19(26-21)12-17-5-3-15(24-17)11-16-4-6-18(25-16)13-20-8-10-22(23)27-20/h3-14,24,26H,1-2H3. The molecule has 0 spiro atoms. The van der Waals surface area contributed by atoms with Gasteiger partial charge < -0.3 is 9.97 Å². The summed E-state index contributed by atoms with van der Waals surface area (Å²) in [4.78, 5) is 17.7. The van der Waals surface area contributed by atoms with E-state index in [9.17, 15) is 0 Å². The molecule has 3 aromatic rings. The third-order valence-electron chi connectivity index (χ3n) is 4.53. The molecule has 0 atom stereocenters. The molecule has 4 nitrogen and oxygen atoms in total. The van der Waals surface area contributed by atoms with Gasteiger partial charge in [-0.3, -0.25) is 0 Å². The van der Waals surface area contributed by atoms with Crippen LogP contribution in [0.1, 0.15) is 36.6 Å². The van der Waals surface area contributed by atoms with Crippen molar-refractivity contribution in [3.8, 4) is 0 Å². The summed E-state index contributed by atoms with van der Waals surface area (Å²) < 4.78 is 0. The quantitative estimate of drug-likeness (QED) is 0.359. The van der Waals surface area contributed by atoms with Crippen LogP contribution in [0.15, 0.2) is 47.4 Å². The van der Waals surface area contributed by atoms with Crippen molar-refractivity contribution < 1.29 is 0 Å². The van der Waals surface area contributed by atoms with Crippen molar-refractivity contribution in [3.05, 3.63) is 65.2 Å². The van der Waals surface area contributed by atoms with Crippen molar-refractivity contribution in [2.45, 2.75) is 24.0 Å². The van der Waals surface area contributed by atoms with Gasteiger partial charge in [0.05, 0.1) is 33.2 Å². The minimum atomic E-state index is 0.459. The Hall–Kier alpha value is -3.05. The van der Waals surface area contributed by atoms with E-state index in [1.165, 1.54) is 0 Å².